The summed E-state index contributed by atoms with van der Waals surface area (Å²) in [6.07, 6.45) is -7.77. The number of hydrogen-bond donors (Lipinski definition) is 0. The molecule has 2 heterocycles. The Bertz CT molecular complexity index is 1140. The first kappa shape index (κ1) is 12.5. The number of aryl methyl sites for hydroxylation is 2. The molecule has 150 valence electrons. The molecule has 1 atom stereocenters. The number of alkyl halides is 1. The van der Waals surface area contributed by atoms with E-state index in [9.17, 15) is 9.18 Å². The Morgan fingerprint density at radius 2 is 2.25 bits per heavy atom. The normalized spacial score (nSPS) is 28.5. The second-order valence-corrected chi connectivity index (χ2v) is 6.80. The molecule has 0 aliphatic carbocycles. The average molecular weight is 415 g/mol. The Balaban J connectivity index is 1.81. The molecule has 3 rings (SSSR count). The van der Waals surface area contributed by atoms with Crippen LogP contribution in [0, 0.1) is 5.82 Å². The quantitative estimate of drug-likeness (QED) is 0.633. The molecule has 3 nitrogen and oxygen atoms in total. The second kappa shape index (κ2) is 8.99. The molecule has 1 aliphatic heterocycles. The lowest BCUT2D eigenvalue weighted by molar-refractivity contribution is 0.0389. The number of carbonyl (C=O) groups excluding carboxylic acids is 1. The monoisotopic (exact) mass is 414 g/mol. The lowest BCUT2D eigenvalue weighted by Gasteiger charge is -2.36. The molecule has 1 aliphatic rings. The molecule has 1 unspecified atom stereocenters. The number of pyridine rings is 1. The number of piperidine rings is 1. The molecule has 0 saturated carbocycles. The summed E-state index contributed by atoms with van der Waals surface area (Å²) in [7, 11) is 0. The van der Waals surface area contributed by atoms with Crippen LogP contribution in [0.3, 0.4) is 0 Å². The number of likely N-dealkylation sites (tertiary alicyclic amines) is 1. The molecule has 28 heavy (non-hydrogen) atoms. The minimum Gasteiger partial charge on any atom is -0.338 e. The van der Waals surface area contributed by atoms with Crippen molar-refractivity contribution in [3.63, 3.8) is 0 Å². The van der Waals surface area contributed by atoms with Gasteiger partial charge in [-0.15, -0.1) is 0 Å². The highest BCUT2D eigenvalue weighted by molar-refractivity contribution is 6.31. The molecule has 0 N–H and O–H groups in total. The van der Waals surface area contributed by atoms with Gasteiger partial charge in [-0.1, -0.05) is 24.6 Å². The Morgan fingerprint density at radius 3 is 2.93 bits per heavy atom. The van der Waals surface area contributed by atoms with E-state index < -0.39 is 68.8 Å². The van der Waals surface area contributed by atoms with Crippen molar-refractivity contribution in [3.8, 4) is 0 Å². The SMILES string of the molecule is [2H]C([2H])(C)c1ccc(C([2H])([2H])CCC2(F)CCN(C(=O)c3ccc(F)c(Cl)c3)C([2H])([2H])C2([2H])[2H])nc1. The van der Waals surface area contributed by atoms with Crippen LogP contribution in [-0.2, 0) is 12.7 Å². The first-order valence-corrected chi connectivity index (χ1v) is 9.14. The summed E-state index contributed by atoms with van der Waals surface area (Å²) in [4.78, 5) is 17.4. The molecule has 1 aromatic heterocycles. The van der Waals surface area contributed by atoms with E-state index in [2.05, 4.69) is 4.98 Å². The second-order valence-electron chi connectivity index (χ2n) is 6.40. The summed E-state index contributed by atoms with van der Waals surface area (Å²) in [5.74, 6) is -1.77. The van der Waals surface area contributed by atoms with Crippen LogP contribution in [0.1, 0.15) is 65.1 Å². The van der Waals surface area contributed by atoms with Gasteiger partial charge in [-0.2, -0.15) is 0 Å². The average Bonchev–Trinajstić information content (AvgIpc) is 2.78. The minimum absolute atomic E-state index is 0.0940. The van der Waals surface area contributed by atoms with Gasteiger partial charge in [0.15, 0.2) is 0 Å². The highest BCUT2D eigenvalue weighted by atomic mass is 35.5. The molecule has 6 heteroatoms. The number of carbonyl (C=O) groups is 1. The summed E-state index contributed by atoms with van der Waals surface area (Å²) in [5, 5.41) is -0.375. The van der Waals surface area contributed by atoms with E-state index in [-0.39, 0.29) is 21.8 Å². The largest absolute Gasteiger partial charge is 0.338 e. The van der Waals surface area contributed by atoms with Crippen LogP contribution in [0.4, 0.5) is 8.78 Å². The molecule has 0 bridgehead atoms. The highest BCUT2D eigenvalue weighted by Gasteiger charge is 2.35. The Kier molecular flexibility index (Phi) is 4.02. The third-order valence-electron chi connectivity index (χ3n) is 4.44. The van der Waals surface area contributed by atoms with E-state index >= 15 is 4.39 Å². The van der Waals surface area contributed by atoms with Gasteiger partial charge in [0.25, 0.3) is 5.91 Å². The van der Waals surface area contributed by atoms with Gasteiger partial charge in [-0.25, -0.2) is 8.78 Å². The zero-order valence-electron chi connectivity index (χ0n) is 23.2. The van der Waals surface area contributed by atoms with Crippen molar-refractivity contribution in [1.82, 2.24) is 9.88 Å². The first-order chi connectivity index (χ1) is 16.3. The first-order valence-electron chi connectivity index (χ1n) is 12.8. The molecular formula is C22H25ClF2N2O. The van der Waals surface area contributed by atoms with Gasteiger partial charge in [0.2, 0.25) is 0 Å². The topological polar surface area (TPSA) is 33.2 Å². The van der Waals surface area contributed by atoms with E-state index in [1.807, 2.05) is 0 Å². The van der Waals surface area contributed by atoms with Crippen LogP contribution in [0.15, 0.2) is 36.5 Å². The summed E-state index contributed by atoms with van der Waals surface area (Å²) in [6.45, 7) is -2.29. The van der Waals surface area contributed by atoms with Gasteiger partial charge < -0.3 is 4.90 Å². The Labute approximate surface area is 181 Å². The van der Waals surface area contributed by atoms with Gasteiger partial charge in [-0.3, -0.25) is 9.78 Å². The summed E-state index contributed by atoms with van der Waals surface area (Å²) in [5.41, 5.74) is -2.87. The van der Waals surface area contributed by atoms with Crippen LogP contribution < -0.4 is 0 Å². The number of halogens is 3. The fourth-order valence-corrected chi connectivity index (χ4v) is 2.92. The highest BCUT2D eigenvalue weighted by Crippen LogP contribution is 2.32. The van der Waals surface area contributed by atoms with E-state index in [0.29, 0.717) is 4.90 Å². The zero-order valence-corrected chi connectivity index (χ0v) is 16.0. The fraction of sp³-hybridized carbons (Fsp3) is 0.455. The van der Waals surface area contributed by atoms with Crippen LogP contribution in [-0.4, -0.2) is 34.5 Å². The summed E-state index contributed by atoms with van der Waals surface area (Å²) in [6, 6.07) is 5.63. The van der Waals surface area contributed by atoms with E-state index in [1.165, 1.54) is 25.3 Å². The van der Waals surface area contributed by atoms with Crippen molar-refractivity contribution in [2.45, 2.75) is 51.0 Å². The molecule has 0 spiro atoms. The maximum Gasteiger partial charge on any atom is 0.253 e. The Morgan fingerprint density at radius 1 is 1.43 bits per heavy atom. The van der Waals surface area contributed by atoms with Gasteiger partial charge in [-0.05, 0) is 68.2 Å². The lowest BCUT2D eigenvalue weighted by Crippen LogP contribution is -2.44. The van der Waals surface area contributed by atoms with Crippen LogP contribution in [0.25, 0.3) is 0 Å². The van der Waals surface area contributed by atoms with Crippen LogP contribution in [0.5, 0.6) is 0 Å². The predicted molar refractivity (Wildman–Crippen MR) is 107 cm³/mol. The third-order valence-corrected chi connectivity index (χ3v) is 4.73. The van der Waals surface area contributed by atoms with Crippen molar-refractivity contribution in [3.05, 3.63) is 64.2 Å². The number of aromatic nitrogens is 1. The molecular weight excluding hydrogens is 382 g/mol. The van der Waals surface area contributed by atoms with Gasteiger partial charge >= 0.3 is 0 Å². The molecule has 1 saturated heterocycles. The third kappa shape index (κ3) is 5.07. The van der Waals surface area contributed by atoms with E-state index in [1.54, 1.807) is 0 Å². The molecule has 2 aromatic rings. The molecule has 1 aromatic carbocycles. The van der Waals surface area contributed by atoms with Gasteiger partial charge in [0.1, 0.15) is 11.5 Å². The fourth-order valence-electron chi connectivity index (χ4n) is 2.73. The molecule has 0 radical (unpaired) electrons. The van der Waals surface area contributed by atoms with E-state index in [4.69, 9.17) is 22.6 Å². The summed E-state index contributed by atoms with van der Waals surface area (Å²) < 4.78 is 94.7. The number of amides is 1. The standard InChI is InChI=1S/C22H25ClF2N2O/c1-2-16-5-7-18(26-15-16)4-3-9-22(25)10-12-27(13-11-22)21(28)17-6-8-20(24)19(23)14-17/h5-8,14-15H,2-4,9-13H2,1H3/i2D2,4D2,10D2,12D2. The lowest BCUT2D eigenvalue weighted by atomic mass is 9.87. The number of rotatable bonds is 6. The van der Waals surface area contributed by atoms with Crippen LogP contribution in [0.2, 0.25) is 5.02 Å². The Hall–Kier alpha value is -2.01. The van der Waals surface area contributed by atoms with Crippen molar-refractivity contribution >= 4 is 17.5 Å². The van der Waals surface area contributed by atoms with Crippen molar-refractivity contribution in [2.75, 3.05) is 13.0 Å². The molecule has 1 fully saturated rings. The predicted octanol–water partition coefficient (Wildman–Crippen LogP) is 5.40. The minimum atomic E-state index is -3.22. The van der Waals surface area contributed by atoms with Crippen molar-refractivity contribution < 1.29 is 24.5 Å². The number of nitrogens with zero attached hydrogens (tertiary/aromatic N) is 2. The maximum absolute atomic E-state index is 16.0. The smallest absolute Gasteiger partial charge is 0.253 e. The molecule has 1 amide bonds. The maximum atomic E-state index is 16.0. The summed E-state index contributed by atoms with van der Waals surface area (Å²) >= 11 is 5.70. The number of hydrogen-bond acceptors (Lipinski definition) is 2. The van der Waals surface area contributed by atoms with Gasteiger partial charge in [0, 0.05) is 41.5 Å². The van der Waals surface area contributed by atoms with Gasteiger partial charge in [0.05, 0.1) is 5.02 Å². The van der Waals surface area contributed by atoms with Crippen molar-refractivity contribution in [1.29, 1.82) is 0 Å². The zero-order chi connectivity index (χ0) is 27.3. The number of benzene rings is 1. The van der Waals surface area contributed by atoms with Crippen LogP contribution >= 0.6 is 11.6 Å². The van der Waals surface area contributed by atoms with E-state index in [0.717, 1.165) is 18.2 Å². The van der Waals surface area contributed by atoms with Crippen molar-refractivity contribution in [2.24, 2.45) is 0 Å².